The van der Waals surface area contributed by atoms with E-state index >= 15 is 0 Å². The SMILES string of the molecule is C[C@H]1CCC(C)(C)CC1(C)C. The van der Waals surface area contributed by atoms with Crippen molar-refractivity contribution in [3.63, 3.8) is 0 Å². The van der Waals surface area contributed by atoms with Crippen LogP contribution in [0.25, 0.3) is 0 Å². The molecule has 0 aromatic heterocycles. The highest BCUT2D eigenvalue weighted by Crippen LogP contribution is 2.48. The van der Waals surface area contributed by atoms with Crippen LogP contribution in [-0.4, -0.2) is 0 Å². The van der Waals surface area contributed by atoms with Crippen molar-refractivity contribution in [2.45, 2.75) is 53.9 Å². The van der Waals surface area contributed by atoms with Gasteiger partial charge in [-0.25, -0.2) is 0 Å². The predicted molar refractivity (Wildman–Crippen MR) is 50.6 cm³/mol. The van der Waals surface area contributed by atoms with Crippen LogP contribution >= 0.6 is 0 Å². The van der Waals surface area contributed by atoms with Gasteiger partial charge in [-0.2, -0.15) is 0 Å². The third kappa shape index (κ3) is 1.98. The summed E-state index contributed by atoms with van der Waals surface area (Å²) in [5.41, 5.74) is 1.16. The van der Waals surface area contributed by atoms with Crippen LogP contribution in [0.2, 0.25) is 0 Å². The highest BCUT2D eigenvalue weighted by atomic mass is 14.4. The van der Waals surface area contributed by atoms with Crippen LogP contribution in [0.3, 0.4) is 0 Å². The molecule has 66 valence electrons. The minimum absolute atomic E-state index is 0.571. The van der Waals surface area contributed by atoms with E-state index in [0.29, 0.717) is 10.8 Å². The average Bonchev–Trinajstić information content (AvgIpc) is 1.77. The van der Waals surface area contributed by atoms with Crippen molar-refractivity contribution in [2.24, 2.45) is 16.7 Å². The maximum atomic E-state index is 2.42. The van der Waals surface area contributed by atoms with Crippen molar-refractivity contribution < 1.29 is 0 Å². The topological polar surface area (TPSA) is 0 Å². The second kappa shape index (κ2) is 2.50. The second-order valence-corrected chi connectivity index (χ2v) is 5.77. The first-order valence-corrected chi connectivity index (χ1v) is 4.83. The molecule has 0 saturated heterocycles. The van der Waals surface area contributed by atoms with Crippen molar-refractivity contribution in [3.8, 4) is 0 Å². The molecule has 0 radical (unpaired) electrons. The van der Waals surface area contributed by atoms with Crippen molar-refractivity contribution in [1.29, 1.82) is 0 Å². The first-order valence-electron chi connectivity index (χ1n) is 4.83. The maximum Gasteiger partial charge on any atom is -0.0323 e. The Morgan fingerprint density at radius 3 is 2.00 bits per heavy atom. The Kier molecular flexibility index (Phi) is 2.07. The standard InChI is InChI=1S/C11H22/c1-9-6-7-10(2,3)8-11(9,4)5/h9H,6-8H2,1-5H3/t9-/m0/s1. The third-order valence-electron chi connectivity index (χ3n) is 3.52. The molecular formula is C11H22. The van der Waals surface area contributed by atoms with E-state index in [-0.39, 0.29) is 0 Å². The lowest BCUT2D eigenvalue weighted by Gasteiger charge is -2.45. The average molecular weight is 154 g/mol. The van der Waals surface area contributed by atoms with E-state index in [1.165, 1.54) is 19.3 Å². The van der Waals surface area contributed by atoms with Crippen LogP contribution in [-0.2, 0) is 0 Å². The summed E-state index contributed by atoms with van der Waals surface area (Å²) in [7, 11) is 0. The number of hydrogen-bond donors (Lipinski definition) is 0. The lowest BCUT2D eigenvalue weighted by molar-refractivity contribution is 0.0591. The summed E-state index contributed by atoms with van der Waals surface area (Å²) < 4.78 is 0. The number of rotatable bonds is 0. The smallest absolute Gasteiger partial charge is 0.0323 e. The van der Waals surface area contributed by atoms with Gasteiger partial charge in [-0.3, -0.25) is 0 Å². The van der Waals surface area contributed by atoms with Gasteiger partial charge in [0.05, 0.1) is 0 Å². The minimum Gasteiger partial charge on any atom is -0.0620 e. The first kappa shape index (κ1) is 9.09. The van der Waals surface area contributed by atoms with E-state index in [1.54, 1.807) is 0 Å². The first-order chi connectivity index (χ1) is 4.83. The third-order valence-corrected chi connectivity index (χ3v) is 3.52. The zero-order chi connectivity index (χ0) is 8.70. The van der Waals surface area contributed by atoms with Gasteiger partial charge >= 0.3 is 0 Å². The molecule has 0 spiro atoms. The molecule has 1 aliphatic rings. The molecule has 0 heterocycles. The Morgan fingerprint density at radius 2 is 1.64 bits per heavy atom. The molecule has 0 bridgehead atoms. The number of hydrogen-bond acceptors (Lipinski definition) is 0. The quantitative estimate of drug-likeness (QED) is 0.497. The Labute approximate surface area is 71.4 Å². The fourth-order valence-corrected chi connectivity index (χ4v) is 2.49. The van der Waals surface area contributed by atoms with Crippen LogP contribution in [0.5, 0.6) is 0 Å². The summed E-state index contributed by atoms with van der Waals surface area (Å²) >= 11 is 0. The maximum absolute atomic E-state index is 2.42. The Bertz CT molecular complexity index is 142. The van der Waals surface area contributed by atoms with Gasteiger partial charge < -0.3 is 0 Å². The summed E-state index contributed by atoms with van der Waals surface area (Å²) in [4.78, 5) is 0. The molecule has 1 saturated carbocycles. The van der Waals surface area contributed by atoms with E-state index < -0.39 is 0 Å². The molecular weight excluding hydrogens is 132 g/mol. The molecule has 0 aromatic rings. The van der Waals surface area contributed by atoms with Crippen LogP contribution in [0, 0.1) is 16.7 Å². The predicted octanol–water partition coefficient (Wildman–Crippen LogP) is 3.86. The lowest BCUT2D eigenvalue weighted by atomic mass is 9.61. The minimum atomic E-state index is 0.571. The summed E-state index contributed by atoms with van der Waals surface area (Å²) in [5, 5.41) is 0. The molecule has 0 amide bonds. The molecule has 0 nitrogen and oxygen atoms in total. The Hall–Kier alpha value is 0. The van der Waals surface area contributed by atoms with Crippen LogP contribution < -0.4 is 0 Å². The van der Waals surface area contributed by atoms with Crippen molar-refractivity contribution in [3.05, 3.63) is 0 Å². The molecule has 11 heavy (non-hydrogen) atoms. The van der Waals surface area contributed by atoms with Crippen LogP contribution in [0.1, 0.15) is 53.9 Å². The second-order valence-electron chi connectivity index (χ2n) is 5.77. The summed E-state index contributed by atoms with van der Waals surface area (Å²) in [6.45, 7) is 12.0. The van der Waals surface area contributed by atoms with Crippen LogP contribution in [0.15, 0.2) is 0 Å². The van der Waals surface area contributed by atoms with Gasteiger partial charge in [-0.05, 0) is 36.0 Å². The van der Waals surface area contributed by atoms with Gasteiger partial charge in [-0.15, -0.1) is 0 Å². The summed E-state index contributed by atoms with van der Waals surface area (Å²) in [5.74, 6) is 0.913. The molecule has 0 aromatic carbocycles. The van der Waals surface area contributed by atoms with Crippen molar-refractivity contribution in [1.82, 2.24) is 0 Å². The lowest BCUT2D eigenvalue weighted by Crippen LogP contribution is -2.34. The molecule has 0 aliphatic heterocycles. The Balaban J connectivity index is 2.67. The zero-order valence-corrected chi connectivity index (χ0v) is 8.70. The van der Waals surface area contributed by atoms with Gasteiger partial charge in [0.2, 0.25) is 0 Å². The fourth-order valence-electron chi connectivity index (χ4n) is 2.49. The Morgan fingerprint density at radius 1 is 1.09 bits per heavy atom. The summed E-state index contributed by atoms with van der Waals surface area (Å²) in [6, 6.07) is 0. The van der Waals surface area contributed by atoms with Gasteiger partial charge in [-0.1, -0.05) is 34.6 Å². The highest BCUT2D eigenvalue weighted by Gasteiger charge is 2.37. The van der Waals surface area contributed by atoms with E-state index in [9.17, 15) is 0 Å². The fraction of sp³-hybridized carbons (Fsp3) is 1.00. The van der Waals surface area contributed by atoms with Gasteiger partial charge in [0.15, 0.2) is 0 Å². The van der Waals surface area contributed by atoms with Crippen molar-refractivity contribution in [2.75, 3.05) is 0 Å². The van der Waals surface area contributed by atoms with E-state index in [4.69, 9.17) is 0 Å². The normalized spacial score (nSPS) is 35.2. The molecule has 0 unspecified atom stereocenters. The summed E-state index contributed by atoms with van der Waals surface area (Å²) in [6.07, 6.45) is 4.22. The van der Waals surface area contributed by atoms with Gasteiger partial charge in [0.25, 0.3) is 0 Å². The van der Waals surface area contributed by atoms with Gasteiger partial charge in [0, 0.05) is 0 Å². The monoisotopic (exact) mass is 154 g/mol. The highest BCUT2D eigenvalue weighted by molar-refractivity contribution is 4.88. The zero-order valence-electron chi connectivity index (χ0n) is 8.70. The van der Waals surface area contributed by atoms with Gasteiger partial charge in [0.1, 0.15) is 0 Å². The van der Waals surface area contributed by atoms with E-state index in [0.717, 1.165) is 5.92 Å². The molecule has 1 atom stereocenters. The molecule has 1 rings (SSSR count). The van der Waals surface area contributed by atoms with Crippen LogP contribution in [0.4, 0.5) is 0 Å². The van der Waals surface area contributed by atoms with Crippen molar-refractivity contribution >= 4 is 0 Å². The van der Waals surface area contributed by atoms with E-state index in [1.807, 2.05) is 0 Å². The largest absolute Gasteiger partial charge is 0.0620 e. The molecule has 1 fully saturated rings. The van der Waals surface area contributed by atoms with E-state index in [2.05, 4.69) is 34.6 Å². The molecule has 0 heteroatoms. The molecule has 0 N–H and O–H groups in total. The molecule has 1 aliphatic carbocycles.